The van der Waals surface area contributed by atoms with E-state index in [2.05, 4.69) is 25.3 Å². The lowest BCUT2D eigenvalue weighted by Gasteiger charge is -2.22. The quantitative estimate of drug-likeness (QED) is 0.329. The molecule has 0 aromatic rings. The van der Waals surface area contributed by atoms with E-state index < -0.39 is 25.4 Å². The molecular formula is C16H26O6Si. The fraction of sp³-hybridized carbons (Fsp3) is 0.688. The highest BCUT2D eigenvalue weighted by molar-refractivity contribution is 6.81. The van der Waals surface area contributed by atoms with Crippen LogP contribution in [-0.2, 0) is 28.6 Å². The molecule has 1 fully saturated rings. The van der Waals surface area contributed by atoms with Crippen molar-refractivity contribution in [3.8, 4) is 0 Å². The summed E-state index contributed by atoms with van der Waals surface area (Å²) >= 11 is 0. The molecule has 0 aromatic heterocycles. The summed E-state index contributed by atoms with van der Waals surface area (Å²) in [7, 11) is 2.24. The lowest BCUT2D eigenvalue weighted by molar-refractivity contribution is -0.169. The Morgan fingerprint density at radius 3 is 2.00 bits per heavy atom. The van der Waals surface area contributed by atoms with Crippen molar-refractivity contribution in [3.63, 3.8) is 0 Å². The Labute approximate surface area is 138 Å². The van der Waals surface area contributed by atoms with Crippen LogP contribution in [0.1, 0.15) is 19.3 Å². The maximum Gasteiger partial charge on any atom is 0.323 e. The van der Waals surface area contributed by atoms with Gasteiger partial charge in [0.25, 0.3) is 0 Å². The molecule has 1 aliphatic rings. The number of carbonyl (C=O) groups is 3. The number of methoxy groups -OCH3 is 3. The van der Waals surface area contributed by atoms with Gasteiger partial charge in [0.1, 0.15) is 0 Å². The van der Waals surface area contributed by atoms with Gasteiger partial charge in [-0.05, 0) is 18.8 Å². The summed E-state index contributed by atoms with van der Waals surface area (Å²) in [4.78, 5) is 36.3. The van der Waals surface area contributed by atoms with E-state index in [4.69, 9.17) is 14.2 Å². The highest BCUT2D eigenvalue weighted by Crippen LogP contribution is 2.49. The lowest BCUT2D eigenvalue weighted by atomic mass is 9.85. The fourth-order valence-corrected chi connectivity index (χ4v) is 4.56. The Balaban J connectivity index is 3.28. The van der Waals surface area contributed by atoms with Crippen LogP contribution in [0.25, 0.3) is 0 Å². The van der Waals surface area contributed by atoms with Crippen LogP contribution < -0.4 is 0 Å². The van der Waals surface area contributed by atoms with Gasteiger partial charge < -0.3 is 14.2 Å². The molecule has 1 rings (SSSR count). The van der Waals surface area contributed by atoms with Gasteiger partial charge in [0, 0.05) is 0 Å². The van der Waals surface area contributed by atoms with Crippen molar-refractivity contribution < 1.29 is 28.6 Å². The number of esters is 3. The van der Waals surface area contributed by atoms with E-state index in [-0.39, 0.29) is 31.1 Å². The van der Waals surface area contributed by atoms with Gasteiger partial charge in [0.2, 0.25) is 0 Å². The molecular weight excluding hydrogens is 316 g/mol. The molecule has 1 atom stereocenters. The normalized spacial score (nSPS) is 21.8. The summed E-state index contributed by atoms with van der Waals surface area (Å²) in [6.45, 7) is 6.47. The standard InChI is InChI=1S/C16H26O6Si/c1-20-13(17)7-11-8-16(14(18)21-2,15(19)22-3)9-12(11)10-23(4,5)6/h10-11H,7-9H2,1-6H3/b12-10+. The first kappa shape index (κ1) is 19.4. The average Bonchev–Trinajstić information content (AvgIpc) is 2.82. The highest BCUT2D eigenvalue weighted by Gasteiger charge is 2.55. The molecule has 0 saturated heterocycles. The van der Waals surface area contributed by atoms with Gasteiger partial charge in [-0.3, -0.25) is 14.4 Å². The largest absolute Gasteiger partial charge is 0.469 e. The SMILES string of the molecule is COC(=O)CC1CC(C(=O)OC)(C(=O)OC)C/C1=C\[Si](C)(C)C. The average molecular weight is 342 g/mol. The molecule has 0 radical (unpaired) electrons. The van der Waals surface area contributed by atoms with E-state index in [0.29, 0.717) is 0 Å². The molecule has 0 amide bonds. The first-order chi connectivity index (χ1) is 10.6. The first-order valence-electron chi connectivity index (χ1n) is 7.55. The fourth-order valence-electron chi connectivity index (χ4n) is 3.11. The van der Waals surface area contributed by atoms with E-state index >= 15 is 0 Å². The minimum Gasteiger partial charge on any atom is -0.469 e. The molecule has 6 nitrogen and oxygen atoms in total. The van der Waals surface area contributed by atoms with E-state index in [1.807, 2.05) is 0 Å². The second kappa shape index (κ2) is 7.29. The lowest BCUT2D eigenvalue weighted by Crippen LogP contribution is -2.39. The van der Waals surface area contributed by atoms with Gasteiger partial charge in [0.15, 0.2) is 5.41 Å². The van der Waals surface area contributed by atoms with Crippen LogP contribution >= 0.6 is 0 Å². The zero-order chi connectivity index (χ0) is 17.8. The van der Waals surface area contributed by atoms with Crippen molar-refractivity contribution in [1.29, 1.82) is 0 Å². The Kier molecular flexibility index (Phi) is 6.15. The van der Waals surface area contributed by atoms with Crippen molar-refractivity contribution in [3.05, 3.63) is 11.3 Å². The van der Waals surface area contributed by atoms with Crippen molar-refractivity contribution in [2.45, 2.75) is 38.9 Å². The number of allylic oxidation sites excluding steroid dienone is 1. The van der Waals surface area contributed by atoms with Gasteiger partial charge in [-0.1, -0.05) is 30.9 Å². The Morgan fingerprint density at radius 1 is 1.09 bits per heavy atom. The van der Waals surface area contributed by atoms with Crippen LogP contribution in [0.15, 0.2) is 11.3 Å². The molecule has 23 heavy (non-hydrogen) atoms. The molecule has 0 aliphatic heterocycles. The monoisotopic (exact) mass is 342 g/mol. The van der Waals surface area contributed by atoms with Crippen molar-refractivity contribution >= 4 is 26.0 Å². The third-order valence-corrected chi connectivity index (χ3v) is 5.27. The van der Waals surface area contributed by atoms with E-state index in [1.54, 1.807) is 0 Å². The summed E-state index contributed by atoms with van der Waals surface area (Å²) in [6.07, 6.45) is 0.582. The Hall–Kier alpha value is -1.63. The van der Waals surface area contributed by atoms with Gasteiger partial charge in [-0.15, -0.1) is 0 Å². The molecule has 130 valence electrons. The van der Waals surface area contributed by atoms with Crippen LogP contribution in [0.3, 0.4) is 0 Å². The summed E-state index contributed by atoms with van der Waals surface area (Å²) < 4.78 is 14.4. The topological polar surface area (TPSA) is 78.9 Å². The van der Waals surface area contributed by atoms with Crippen LogP contribution in [0.2, 0.25) is 19.6 Å². The number of hydrogen-bond acceptors (Lipinski definition) is 6. The van der Waals surface area contributed by atoms with Gasteiger partial charge in [0.05, 0.1) is 35.8 Å². The summed E-state index contributed by atoms with van der Waals surface area (Å²) in [6, 6.07) is 0. The number of ether oxygens (including phenoxy) is 3. The van der Waals surface area contributed by atoms with E-state index in [0.717, 1.165) is 5.57 Å². The summed E-state index contributed by atoms with van der Waals surface area (Å²) in [5.41, 5.74) is 1.73. The van der Waals surface area contributed by atoms with Crippen molar-refractivity contribution in [2.24, 2.45) is 11.3 Å². The van der Waals surface area contributed by atoms with Crippen LogP contribution in [0.5, 0.6) is 0 Å². The third kappa shape index (κ3) is 4.43. The molecule has 0 aromatic carbocycles. The molecule has 0 heterocycles. The Bertz CT molecular complexity index is 501. The predicted octanol–water partition coefficient (Wildman–Crippen LogP) is 2.10. The second-order valence-electron chi connectivity index (χ2n) is 7.01. The molecule has 1 saturated carbocycles. The third-order valence-electron chi connectivity index (χ3n) is 4.04. The minimum atomic E-state index is -1.60. The predicted molar refractivity (Wildman–Crippen MR) is 87.3 cm³/mol. The van der Waals surface area contributed by atoms with Crippen LogP contribution in [0, 0.1) is 11.3 Å². The Morgan fingerprint density at radius 2 is 1.61 bits per heavy atom. The molecule has 0 N–H and O–H groups in total. The second-order valence-corrected chi connectivity index (χ2v) is 12.0. The zero-order valence-corrected chi connectivity index (χ0v) is 15.7. The van der Waals surface area contributed by atoms with Gasteiger partial charge in [-0.25, -0.2) is 0 Å². The molecule has 0 bridgehead atoms. The van der Waals surface area contributed by atoms with Crippen LogP contribution in [-0.4, -0.2) is 47.3 Å². The number of rotatable bonds is 5. The van der Waals surface area contributed by atoms with Gasteiger partial charge >= 0.3 is 17.9 Å². The highest BCUT2D eigenvalue weighted by atomic mass is 28.3. The molecule has 1 aliphatic carbocycles. The van der Waals surface area contributed by atoms with Crippen molar-refractivity contribution in [1.82, 2.24) is 0 Å². The van der Waals surface area contributed by atoms with Crippen LogP contribution in [0.4, 0.5) is 0 Å². The maximum absolute atomic E-state index is 12.3. The molecule has 7 heteroatoms. The molecule has 1 unspecified atom stereocenters. The zero-order valence-electron chi connectivity index (χ0n) is 14.7. The van der Waals surface area contributed by atoms with Crippen molar-refractivity contribution in [2.75, 3.05) is 21.3 Å². The first-order valence-corrected chi connectivity index (χ1v) is 11.1. The van der Waals surface area contributed by atoms with E-state index in [1.165, 1.54) is 21.3 Å². The summed E-state index contributed by atoms with van der Waals surface area (Å²) in [5, 5.41) is 0. The van der Waals surface area contributed by atoms with Gasteiger partial charge in [-0.2, -0.15) is 0 Å². The number of hydrogen-bond donors (Lipinski definition) is 0. The minimum absolute atomic E-state index is 0.141. The maximum atomic E-state index is 12.3. The van der Waals surface area contributed by atoms with E-state index in [9.17, 15) is 14.4 Å². The number of carbonyl (C=O) groups excluding carboxylic acids is 3. The summed E-state index contributed by atoms with van der Waals surface area (Å²) in [5.74, 6) is -1.80. The smallest absolute Gasteiger partial charge is 0.323 e. The molecule has 0 spiro atoms.